The van der Waals surface area contributed by atoms with Crippen LogP contribution < -0.4 is 22.5 Å². The van der Waals surface area contributed by atoms with Crippen LogP contribution >= 0.6 is 23.4 Å². The highest BCUT2D eigenvalue weighted by atomic mass is 35.5. The van der Waals surface area contributed by atoms with Crippen molar-refractivity contribution >= 4 is 23.4 Å². The van der Waals surface area contributed by atoms with Gasteiger partial charge in [-0.3, -0.25) is 0 Å². The van der Waals surface area contributed by atoms with Crippen molar-refractivity contribution in [2.45, 2.75) is 18.1 Å². The Kier molecular flexibility index (Phi) is 8.99. The van der Waals surface area contributed by atoms with E-state index in [2.05, 4.69) is 20.8 Å². The third-order valence-electron chi connectivity index (χ3n) is 4.57. The van der Waals surface area contributed by atoms with Gasteiger partial charge in [0.25, 0.3) is 0 Å². The number of benzene rings is 2. The molecule has 0 aliphatic rings. The molecular formula is C22H22Cl2N5O2S-. The molecule has 2 aromatic carbocycles. The molecule has 0 saturated carbocycles. The number of hydrogen-bond acceptors (Lipinski definition) is 7. The molecule has 0 bridgehead atoms. The van der Waals surface area contributed by atoms with Crippen molar-refractivity contribution in [1.29, 1.82) is 0 Å². The topological polar surface area (TPSA) is 78.0 Å². The van der Waals surface area contributed by atoms with Crippen molar-refractivity contribution in [2.24, 2.45) is 0 Å². The van der Waals surface area contributed by atoms with E-state index in [0.717, 1.165) is 46.6 Å². The molecule has 0 aliphatic heterocycles. The minimum Gasteiger partial charge on any atom is -1.00 e. The molecule has 7 nitrogen and oxygen atoms in total. The zero-order valence-electron chi connectivity index (χ0n) is 17.4. The van der Waals surface area contributed by atoms with Crippen molar-refractivity contribution in [3.63, 3.8) is 0 Å². The standard InChI is InChI=1S/C22H22ClN5O2S.ClH/c1-29-21-10-8-16(14-19(21)23)20-11-9-18(30-20)15-24-12-5-13-31-22-25-26-27-28(22)17-6-3-2-4-7-17;/h2-4,6-11,14,24H,5,12-13,15H2,1H3;1H/p-1. The van der Waals surface area contributed by atoms with E-state index in [1.807, 2.05) is 60.7 Å². The zero-order valence-corrected chi connectivity index (χ0v) is 19.7. The molecule has 2 heterocycles. The summed E-state index contributed by atoms with van der Waals surface area (Å²) in [5, 5.41) is 16.8. The maximum atomic E-state index is 6.21. The van der Waals surface area contributed by atoms with E-state index >= 15 is 0 Å². The maximum absolute atomic E-state index is 6.21. The molecular weight excluding hydrogens is 469 g/mol. The smallest absolute Gasteiger partial charge is 0.214 e. The van der Waals surface area contributed by atoms with E-state index in [-0.39, 0.29) is 12.4 Å². The number of rotatable bonds is 10. The Balaban J connectivity index is 0.00000289. The largest absolute Gasteiger partial charge is 1.00 e. The second-order valence-corrected chi connectivity index (χ2v) is 8.17. The fourth-order valence-electron chi connectivity index (χ4n) is 3.02. The molecule has 168 valence electrons. The number of furan rings is 1. The molecule has 0 aliphatic carbocycles. The average molecular weight is 491 g/mol. The quantitative estimate of drug-likeness (QED) is 0.268. The summed E-state index contributed by atoms with van der Waals surface area (Å²) >= 11 is 7.85. The molecule has 0 amide bonds. The third-order valence-corrected chi connectivity index (χ3v) is 5.87. The van der Waals surface area contributed by atoms with Crippen LogP contribution in [0, 0.1) is 0 Å². The van der Waals surface area contributed by atoms with Crippen molar-refractivity contribution in [3.8, 4) is 22.8 Å². The molecule has 4 aromatic rings. The number of tetrazole rings is 1. The Hall–Kier alpha value is -2.52. The molecule has 32 heavy (non-hydrogen) atoms. The lowest BCUT2D eigenvalue weighted by Crippen LogP contribution is -3.00. The molecule has 0 unspecified atom stereocenters. The van der Waals surface area contributed by atoms with Crippen LogP contribution in [0.1, 0.15) is 12.2 Å². The predicted molar refractivity (Wildman–Crippen MR) is 122 cm³/mol. The highest BCUT2D eigenvalue weighted by Crippen LogP contribution is 2.31. The summed E-state index contributed by atoms with van der Waals surface area (Å²) in [6, 6.07) is 19.4. The normalized spacial score (nSPS) is 10.7. The van der Waals surface area contributed by atoms with Gasteiger partial charge in [-0.05, 0) is 65.9 Å². The number of para-hydroxylation sites is 1. The van der Waals surface area contributed by atoms with E-state index in [1.165, 1.54) is 0 Å². The molecule has 0 spiro atoms. The first kappa shape index (κ1) is 24.1. The SMILES string of the molecule is COc1ccc(-c2ccc(CNCCCSc3nnnn3-c3ccccc3)o2)cc1Cl.[Cl-]. The lowest BCUT2D eigenvalue weighted by molar-refractivity contribution is -0.00000710. The van der Waals surface area contributed by atoms with E-state index in [1.54, 1.807) is 23.6 Å². The van der Waals surface area contributed by atoms with Gasteiger partial charge in [-0.1, -0.05) is 41.6 Å². The van der Waals surface area contributed by atoms with Crippen LogP contribution in [-0.2, 0) is 6.54 Å². The molecule has 0 saturated heterocycles. The van der Waals surface area contributed by atoms with Gasteiger partial charge in [-0.25, -0.2) is 0 Å². The monoisotopic (exact) mass is 490 g/mol. The lowest BCUT2D eigenvalue weighted by Gasteiger charge is -2.05. The first-order chi connectivity index (χ1) is 15.2. The Bertz CT molecular complexity index is 1120. The van der Waals surface area contributed by atoms with Crippen molar-refractivity contribution < 1.29 is 21.6 Å². The fraction of sp³-hybridized carbons (Fsp3) is 0.227. The average Bonchev–Trinajstić information content (AvgIpc) is 3.46. The second kappa shape index (κ2) is 11.9. The van der Waals surface area contributed by atoms with E-state index in [0.29, 0.717) is 17.3 Å². The van der Waals surface area contributed by atoms with Crippen LogP contribution in [0.3, 0.4) is 0 Å². The van der Waals surface area contributed by atoms with Gasteiger partial charge in [0.1, 0.15) is 17.3 Å². The van der Waals surface area contributed by atoms with E-state index in [9.17, 15) is 0 Å². The fourth-order valence-corrected chi connectivity index (χ4v) is 4.11. The Morgan fingerprint density at radius 1 is 1.12 bits per heavy atom. The lowest BCUT2D eigenvalue weighted by atomic mass is 10.2. The van der Waals surface area contributed by atoms with Gasteiger partial charge in [0, 0.05) is 11.3 Å². The van der Waals surface area contributed by atoms with Gasteiger partial charge in [-0.2, -0.15) is 4.68 Å². The minimum absolute atomic E-state index is 0. The Morgan fingerprint density at radius 2 is 1.97 bits per heavy atom. The number of halogens is 2. The summed E-state index contributed by atoms with van der Waals surface area (Å²) in [7, 11) is 1.60. The highest BCUT2D eigenvalue weighted by Gasteiger charge is 2.09. The molecule has 1 N–H and O–H groups in total. The number of nitrogens with zero attached hydrogens (tertiary/aromatic N) is 4. The predicted octanol–water partition coefficient (Wildman–Crippen LogP) is 1.86. The summed E-state index contributed by atoms with van der Waals surface area (Å²) < 4.78 is 12.9. The van der Waals surface area contributed by atoms with Crippen molar-refractivity contribution in [3.05, 3.63) is 71.4 Å². The summed E-state index contributed by atoms with van der Waals surface area (Å²) in [6.07, 6.45) is 0.980. The molecule has 2 aromatic heterocycles. The number of hydrogen-bond donors (Lipinski definition) is 1. The Labute approximate surface area is 201 Å². The minimum atomic E-state index is 0. The van der Waals surface area contributed by atoms with Crippen molar-refractivity contribution in [2.75, 3.05) is 19.4 Å². The molecule has 0 radical (unpaired) electrons. The number of nitrogens with one attached hydrogen (secondary N) is 1. The number of aromatic nitrogens is 4. The van der Waals surface area contributed by atoms with Crippen LogP contribution in [0.15, 0.2) is 70.2 Å². The highest BCUT2D eigenvalue weighted by molar-refractivity contribution is 7.99. The van der Waals surface area contributed by atoms with Gasteiger partial charge in [0.05, 0.1) is 24.4 Å². The first-order valence-corrected chi connectivity index (χ1v) is 11.2. The van der Waals surface area contributed by atoms with Gasteiger partial charge >= 0.3 is 0 Å². The van der Waals surface area contributed by atoms with Gasteiger partial charge in [0.2, 0.25) is 5.16 Å². The summed E-state index contributed by atoms with van der Waals surface area (Å²) in [6.45, 7) is 1.53. The van der Waals surface area contributed by atoms with Crippen LogP contribution in [-0.4, -0.2) is 39.6 Å². The van der Waals surface area contributed by atoms with Gasteiger partial charge in [-0.15, -0.1) is 5.10 Å². The van der Waals surface area contributed by atoms with Gasteiger partial charge < -0.3 is 26.9 Å². The van der Waals surface area contributed by atoms with Crippen molar-refractivity contribution in [1.82, 2.24) is 25.5 Å². The summed E-state index contributed by atoms with van der Waals surface area (Å²) in [5.41, 5.74) is 1.88. The molecule has 0 fully saturated rings. The van der Waals surface area contributed by atoms with Crippen LogP contribution in [0.4, 0.5) is 0 Å². The maximum Gasteiger partial charge on any atom is 0.214 e. The number of ether oxygens (including phenoxy) is 1. The molecule has 4 rings (SSSR count). The number of thioether (sulfide) groups is 1. The number of methoxy groups -OCH3 is 1. The third kappa shape index (κ3) is 6.04. The zero-order chi connectivity index (χ0) is 21.5. The van der Waals surface area contributed by atoms with Crippen LogP contribution in [0.25, 0.3) is 17.0 Å². The van der Waals surface area contributed by atoms with Gasteiger partial charge in [0.15, 0.2) is 0 Å². The molecule has 10 heteroatoms. The Morgan fingerprint density at radius 3 is 2.75 bits per heavy atom. The van der Waals surface area contributed by atoms with Crippen LogP contribution in [0.2, 0.25) is 5.02 Å². The van der Waals surface area contributed by atoms with Crippen LogP contribution in [0.5, 0.6) is 5.75 Å². The molecule has 0 atom stereocenters. The summed E-state index contributed by atoms with van der Waals surface area (Å²) in [4.78, 5) is 0. The first-order valence-electron chi connectivity index (χ1n) is 9.84. The summed E-state index contributed by atoms with van der Waals surface area (Å²) in [5.74, 6) is 3.22. The van der Waals surface area contributed by atoms with E-state index in [4.69, 9.17) is 20.8 Å². The van der Waals surface area contributed by atoms with E-state index < -0.39 is 0 Å². The second-order valence-electron chi connectivity index (χ2n) is 6.70.